The van der Waals surface area contributed by atoms with Gasteiger partial charge in [-0.3, -0.25) is 19.7 Å². The van der Waals surface area contributed by atoms with Crippen molar-refractivity contribution < 1.29 is 23.2 Å². The first kappa shape index (κ1) is 18.9. The van der Waals surface area contributed by atoms with Crippen molar-refractivity contribution in [2.45, 2.75) is 50.4 Å². The summed E-state index contributed by atoms with van der Waals surface area (Å²) in [4.78, 5) is 38.0. The molecule has 0 bridgehead atoms. The molecule has 2 unspecified atom stereocenters. The molecule has 0 spiro atoms. The van der Waals surface area contributed by atoms with Crippen molar-refractivity contribution in [1.29, 1.82) is 0 Å². The first-order valence-electron chi connectivity index (χ1n) is 9.41. The number of hydrogen-bond acceptors (Lipinski definition) is 5. The second kappa shape index (κ2) is 7.21. The van der Waals surface area contributed by atoms with E-state index in [1.807, 2.05) is 18.2 Å². The summed E-state index contributed by atoms with van der Waals surface area (Å²) >= 11 is 0. The number of imide groups is 1. The normalized spacial score (nSPS) is 26.5. The summed E-state index contributed by atoms with van der Waals surface area (Å²) in [7, 11) is 0. The Balaban J connectivity index is 1.42. The fraction of sp³-hybridized carbons (Fsp3) is 0.526. The zero-order valence-electron chi connectivity index (χ0n) is 15.3. The van der Waals surface area contributed by atoms with Crippen LogP contribution in [0.5, 0.6) is 0 Å². The highest BCUT2D eigenvalue weighted by molar-refractivity contribution is 6.05. The van der Waals surface area contributed by atoms with Gasteiger partial charge in [0.05, 0.1) is 6.54 Å². The molecule has 0 aromatic heterocycles. The lowest BCUT2D eigenvalue weighted by Gasteiger charge is -2.29. The van der Waals surface area contributed by atoms with E-state index in [1.165, 1.54) is 4.90 Å². The smallest absolute Gasteiger partial charge is 0.261 e. The van der Waals surface area contributed by atoms with E-state index in [2.05, 4.69) is 16.0 Å². The van der Waals surface area contributed by atoms with Crippen LogP contribution >= 0.6 is 0 Å². The monoisotopic (exact) mass is 392 g/mol. The van der Waals surface area contributed by atoms with Gasteiger partial charge < -0.3 is 15.5 Å². The highest BCUT2D eigenvalue weighted by Gasteiger charge is 2.40. The summed E-state index contributed by atoms with van der Waals surface area (Å²) < 4.78 is 26.5. The molecule has 0 saturated carbocycles. The molecule has 3 N–H and O–H groups in total. The van der Waals surface area contributed by atoms with Gasteiger partial charge in [0.2, 0.25) is 11.8 Å². The van der Waals surface area contributed by atoms with Crippen LogP contribution in [0.1, 0.15) is 40.7 Å². The molecule has 0 radical (unpaired) electrons. The molecule has 2 fully saturated rings. The third-order valence-electron chi connectivity index (χ3n) is 5.54. The molecule has 1 aromatic rings. The molecular weight excluding hydrogens is 370 g/mol. The van der Waals surface area contributed by atoms with Gasteiger partial charge in [-0.05, 0) is 17.5 Å². The topological polar surface area (TPSA) is 90.5 Å². The molecule has 4 rings (SSSR count). The number of rotatable bonds is 5. The SMILES string of the molecule is O=C1CCC(N2Cc3cccc(CNCC4CC(F)(F)CN4)c3C2=O)C(=O)N1. The number of benzene rings is 1. The van der Waals surface area contributed by atoms with Crippen LogP contribution in [0, 0.1) is 0 Å². The van der Waals surface area contributed by atoms with Crippen molar-refractivity contribution in [3.63, 3.8) is 0 Å². The minimum atomic E-state index is -2.67. The summed E-state index contributed by atoms with van der Waals surface area (Å²) in [5, 5.41) is 8.23. The van der Waals surface area contributed by atoms with E-state index >= 15 is 0 Å². The Kier molecular flexibility index (Phi) is 4.88. The average Bonchev–Trinajstić information content (AvgIpc) is 3.15. The van der Waals surface area contributed by atoms with E-state index in [4.69, 9.17) is 0 Å². The number of alkyl halides is 2. The van der Waals surface area contributed by atoms with Crippen molar-refractivity contribution >= 4 is 17.7 Å². The van der Waals surface area contributed by atoms with Crippen LogP contribution in [0.15, 0.2) is 18.2 Å². The predicted molar refractivity (Wildman–Crippen MR) is 95.5 cm³/mol. The van der Waals surface area contributed by atoms with Crippen LogP contribution < -0.4 is 16.0 Å². The van der Waals surface area contributed by atoms with Crippen LogP contribution in [-0.2, 0) is 22.7 Å². The molecule has 3 heterocycles. The Hall–Kier alpha value is -2.39. The molecule has 0 aliphatic carbocycles. The third kappa shape index (κ3) is 3.64. The van der Waals surface area contributed by atoms with Crippen molar-refractivity contribution in [2.75, 3.05) is 13.1 Å². The number of nitrogens with one attached hydrogen (secondary N) is 3. The number of halogens is 2. The van der Waals surface area contributed by atoms with Crippen LogP contribution in [0.3, 0.4) is 0 Å². The summed E-state index contributed by atoms with van der Waals surface area (Å²) in [6, 6.07) is 4.57. The molecule has 2 saturated heterocycles. The summed E-state index contributed by atoms with van der Waals surface area (Å²) in [5.74, 6) is -3.65. The quantitative estimate of drug-likeness (QED) is 0.637. The van der Waals surface area contributed by atoms with Gasteiger partial charge in [-0.15, -0.1) is 0 Å². The van der Waals surface area contributed by atoms with Crippen molar-refractivity contribution in [3.05, 3.63) is 34.9 Å². The Bertz CT molecular complexity index is 829. The van der Waals surface area contributed by atoms with Crippen LogP contribution in [0.25, 0.3) is 0 Å². The maximum Gasteiger partial charge on any atom is 0.261 e. The van der Waals surface area contributed by atoms with Crippen LogP contribution in [-0.4, -0.2) is 53.7 Å². The first-order chi connectivity index (χ1) is 13.3. The fourth-order valence-corrected chi connectivity index (χ4v) is 4.16. The molecular formula is C19H22F2N4O3. The Morgan fingerprint density at radius 1 is 1.25 bits per heavy atom. The Morgan fingerprint density at radius 3 is 2.79 bits per heavy atom. The lowest BCUT2D eigenvalue weighted by molar-refractivity contribution is -0.136. The van der Waals surface area contributed by atoms with Gasteiger partial charge in [-0.1, -0.05) is 18.2 Å². The number of nitrogens with zero attached hydrogens (tertiary/aromatic N) is 1. The Morgan fingerprint density at radius 2 is 2.07 bits per heavy atom. The fourth-order valence-electron chi connectivity index (χ4n) is 4.16. The van der Waals surface area contributed by atoms with E-state index < -0.39 is 17.9 Å². The maximum atomic E-state index is 13.3. The second-order valence-electron chi connectivity index (χ2n) is 7.62. The maximum absolute atomic E-state index is 13.3. The van der Waals surface area contributed by atoms with E-state index in [-0.39, 0.29) is 37.2 Å². The minimum absolute atomic E-state index is 0.199. The lowest BCUT2D eigenvalue weighted by Crippen LogP contribution is -2.52. The standard InChI is InChI=1S/C19H22F2N4O3/c20-19(21)6-13(23-10-19)8-22-7-11-2-1-3-12-9-25(18(28)16(11)12)14-4-5-15(26)24-17(14)27/h1-3,13-14,22-23H,4-10H2,(H,24,26,27). The number of hydrogen-bond donors (Lipinski definition) is 3. The van der Waals surface area contributed by atoms with Gasteiger partial charge in [0.15, 0.2) is 0 Å². The second-order valence-corrected chi connectivity index (χ2v) is 7.62. The number of fused-ring (bicyclic) bond motifs is 1. The minimum Gasteiger partial charge on any atom is -0.322 e. The molecule has 2 atom stereocenters. The predicted octanol–water partition coefficient (Wildman–Crippen LogP) is 0.534. The summed E-state index contributed by atoms with van der Waals surface area (Å²) in [6.07, 6.45) is 0.332. The van der Waals surface area contributed by atoms with Crippen molar-refractivity contribution in [3.8, 4) is 0 Å². The molecule has 28 heavy (non-hydrogen) atoms. The third-order valence-corrected chi connectivity index (χ3v) is 5.54. The van der Waals surface area contributed by atoms with Gasteiger partial charge in [0.1, 0.15) is 6.04 Å². The van der Waals surface area contributed by atoms with E-state index in [0.717, 1.165) is 11.1 Å². The molecule has 1 aromatic carbocycles. The van der Waals surface area contributed by atoms with Crippen molar-refractivity contribution in [2.24, 2.45) is 0 Å². The van der Waals surface area contributed by atoms with Gasteiger partial charge in [-0.2, -0.15) is 0 Å². The molecule has 9 heteroatoms. The van der Waals surface area contributed by atoms with Crippen LogP contribution in [0.2, 0.25) is 0 Å². The van der Waals surface area contributed by atoms with E-state index in [9.17, 15) is 23.2 Å². The molecule has 150 valence electrons. The number of piperidine rings is 1. The first-order valence-corrected chi connectivity index (χ1v) is 9.41. The van der Waals surface area contributed by atoms with E-state index in [0.29, 0.717) is 31.6 Å². The summed E-state index contributed by atoms with van der Waals surface area (Å²) in [5.41, 5.74) is 2.17. The van der Waals surface area contributed by atoms with Gasteiger partial charge >= 0.3 is 0 Å². The van der Waals surface area contributed by atoms with E-state index in [1.54, 1.807) is 0 Å². The molecule has 7 nitrogen and oxygen atoms in total. The Labute approximate surface area is 160 Å². The van der Waals surface area contributed by atoms with Gasteiger partial charge in [-0.25, -0.2) is 8.78 Å². The van der Waals surface area contributed by atoms with Gasteiger partial charge in [0.25, 0.3) is 11.8 Å². The number of carbonyl (C=O) groups is 3. The molecule has 3 amide bonds. The highest BCUT2D eigenvalue weighted by Crippen LogP contribution is 2.30. The zero-order chi connectivity index (χ0) is 19.9. The van der Waals surface area contributed by atoms with Crippen LogP contribution in [0.4, 0.5) is 8.78 Å². The van der Waals surface area contributed by atoms with Crippen molar-refractivity contribution in [1.82, 2.24) is 20.9 Å². The molecule has 3 aliphatic heterocycles. The zero-order valence-corrected chi connectivity index (χ0v) is 15.3. The van der Waals surface area contributed by atoms with Gasteiger partial charge in [0, 0.05) is 44.1 Å². The average molecular weight is 392 g/mol. The number of carbonyl (C=O) groups excluding carboxylic acids is 3. The largest absolute Gasteiger partial charge is 0.322 e. The number of amides is 3. The molecule has 3 aliphatic rings. The highest BCUT2D eigenvalue weighted by atomic mass is 19.3. The lowest BCUT2D eigenvalue weighted by atomic mass is 10.0. The summed E-state index contributed by atoms with van der Waals surface area (Å²) in [6.45, 7) is 0.774.